The number of phenols is 1. The zero-order valence-corrected chi connectivity index (χ0v) is 12.3. The molecule has 0 unspecified atom stereocenters. The lowest BCUT2D eigenvalue weighted by atomic mass is 9.96. The summed E-state index contributed by atoms with van der Waals surface area (Å²) in [7, 11) is 1.74. The molecule has 1 heterocycles. The summed E-state index contributed by atoms with van der Waals surface area (Å²) in [5.74, 6) is 1.14. The van der Waals surface area contributed by atoms with Crippen LogP contribution in [0.4, 0.5) is 0 Å². The lowest BCUT2D eigenvalue weighted by Crippen LogP contribution is -2.37. The fourth-order valence-corrected chi connectivity index (χ4v) is 2.69. The Morgan fingerprint density at radius 1 is 1.25 bits per heavy atom. The molecule has 0 atom stereocenters. The predicted octanol–water partition coefficient (Wildman–Crippen LogP) is 1.84. The van der Waals surface area contributed by atoms with Crippen LogP contribution in [0.15, 0.2) is 24.3 Å². The Morgan fingerprint density at radius 2 is 1.95 bits per heavy atom. The van der Waals surface area contributed by atoms with Gasteiger partial charge in [0, 0.05) is 20.2 Å². The summed E-state index contributed by atoms with van der Waals surface area (Å²) in [5.41, 5.74) is 1.28. The van der Waals surface area contributed by atoms with Crippen molar-refractivity contribution in [3.8, 4) is 5.75 Å². The monoisotopic (exact) mass is 278 g/mol. The van der Waals surface area contributed by atoms with Gasteiger partial charge in [-0.25, -0.2) is 0 Å². The fourth-order valence-electron chi connectivity index (χ4n) is 2.69. The van der Waals surface area contributed by atoms with Crippen molar-refractivity contribution in [2.24, 2.45) is 5.92 Å². The molecular weight excluding hydrogens is 252 g/mol. The van der Waals surface area contributed by atoms with Crippen LogP contribution in [0, 0.1) is 5.92 Å². The maximum atomic E-state index is 9.29. The zero-order valence-electron chi connectivity index (χ0n) is 12.3. The third kappa shape index (κ3) is 5.12. The molecule has 0 spiro atoms. The molecule has 112 valence electrons. The molecule has 1 aromatic rings. The number of hydrogen-bond acceptors (Lipinski definition) is 4. The van der Waals surface area contributed by atoms with Gasteiger partial charge in [-0.1, -0.05) is 12.1 Å². The number of likely N-dealkylation sites (tertiary alicyclic amines) is 1. The number of ether oxygens (including phenoxy) is 1. The lowest BCUT2D eigenvalue weighted by Gasteiger charge is -2.32. The van der Waals surface area contributed by atoms with Crippen molar-refractivity contribution in [3.63, 3.8) is 0 Å². The molecule has 0 saturated carbocycles. The number of benzene rings is 1. The summed E-state index contributed by atoms with van der Waals surface area (Å²) in [6.45, 7) is 6.17. The van der Waals surface area contributed by atoms with E-state index in [9.17, 15) is 5.11 Å². The smallest absolute Gasteiger partial charge is 0.115 e. The van der Waals surface area contributed by atoms with Gasteiger partial charge < -0.3 is 15.2 Å². The average Bonchev–Trinajstić information content (AvgIpc) is 2.48. The number of aromatic hydroxyl groups is 1. The Bertz CT molecular complexity index is 373. The molecule has 4 heteroatoms. The Labute approximate surface area is 121 Å². The third-order valence-electron chi connectivity index (χ3n) is 3.97. The second kappa shape index (κ2) is 8.25. The Balaban J connectivity index is 1.65. The lowest BCUT2D eigenvalue weighted by molar-refractivity contribution is 0.168. The van der Waals surface area contributed by atoms with Gasteiger partial charge >= 0.3 is 0 Å². The summed E-state index contributed by atoms with van der Waals surface area (Å²) in [5, 5.41) is 12.7. The van der Waals surface area contributed by atoms with E-state index in [1.807, 2.05) is 12.1 Å². The van der Waals surface area contributed by atoms with Crippen LogP contribution in [0.3, 0.4) is 0 Å². The van der Waals surface area contributed by atoms with E-state index < -0.39 is 0 Å². The highest BCUT2D eigenvalue weighted by Gasteiger charge is 2.18. The fraction of sp³-hybridized carbons (Fsp3) is 0.625. The Hall–Kier alpha value is -1.10. The van der Waals surface area contributed by atoms with Crippen molar-refractivity contribution in [2.45, 2.75) is 19.4 Å². The minimum atomic E-state index is 0.342. The first-order valence-corrected chi connectivity index (χ1v) is 7.48. The Kier molecular flexibility index (Phi) is 6.30. The van der Waals surface area contributed by atoms with Crippen molar-refractivity contribution < 1.29 is 9.84 Å². The van der Waals surface area contributed by atoms with Crippen molar-refractivity contribution >= 4 is 0 Å². The summed E-state index contributed by atoms with van der Waals surface area (Å²) in [6, 6.07) is 7.55. The largest absolute Gasteiger partial charge is 0.508 e. The zero-order chi connectivity index (χ0) is 14.2. The maximum absolute atomic E-state index is 9.29. The SMILES string of the molecule is COCCNCC1CCN(Cc2ccc(O)cc2)CC1. The molecule has 1 aliphatic heterocycles. The maximum Gasteiger partial charge on any atom is 0.115 e. The summed E-state index contributed by atoms with van der Waals surface area (Å²) >= 11 is 0. The molecular formula is C16H26N2O2. The number of nitrogens with one attached hydrogen (secondary N) is 1. The normalized spacial score (nSPS) is 17.4. The highest BCUT2D eigenvalue weighted by atomic mass is 16.5. The van der Waals surface area contributed by atoms with Gasteiger partial charge in [-0.05, 0) is 56.1 Å². The van der Waals surface area contributed by atoms with Crippen LogP contribution in [0.5, 0.6) is 5.75 Å². The van der Waals surface area contributed by atoms with E-state index in [1.165, 1.54) is 18.4 Å². The number of methoxy groups -OCH3 is 1. The number of nitrogens with zero attached hydrogens (tertiary/aromatic N) is 1. The van der Waals surface area contributed by atoms with Crippen LogP contribution in [-0.2, 0) is 11.3 Å². The van der Waals surface area contributed by atoms with E-state index in [-0.39, 0.29) is 0 Å². The minimum Gasteiger partial charge on any atom is -0.508 e. The van der Waals surface area contributed by atoms with Gasteiger partial charge in [-0.3, -0.25) is 4.90 Å². The van der Waals surface area contributed by atoms with Crippen molar-refractivity contribution in [3.05, 3.63) is 29.8 Å². The van der Waals surface area contributed by atoms with E-state index in [2.05, 4.69) is 10.2 Å². The van der Waals surface area contributed by atoms with E-state index in [4.69, 9.17) is 4.74 Å². The highest BCUT2D eigenvalue weighted by molar-refractivity contribution is 5.25. The summed E-state index contributed by atoms with van der Waals surface area (Å²) in [4.78, 5) is 2.50. The van der Waals surface area contributed by atoms with Crippen LogP contribution >= 0.6 is 0 Å². The number of phenolic OH excluding ortho intramolecular Hbond substituents is 1. The highest BCUT2D eigenvalue weighted by Crippen LogP contribution is 2.19. The van der Waals surface area contributed by atoms with Crippen molar-refractivity contribution in [1.82, 2.24) is 10.2 Å². The third-order valence-corrected chi connectivity index (χ3v) is 3.97. The van der Waals surface area contributed by atoms with Crippen LogP contribution in [0.1, 0.15) is 18.4 Å². The van der Waals surface area contributed by atoms with Gasteiger partial charge in [-0.15, -0.1) is 0 Å². The molecule has 0 radical (unpaired) electrons. The molecule has 0 aromatic heterocycles. The van der Waals surface area contributed by atoms with Crippen LogP contribution in [0.25, 0.3) is 0 Å². The predicted molar refractivity (Wildman–Crippen MR) is 80.9 cm³/mol. The second-order valence-electron chi connectivity index (χ2n) is 5.58. The van der Waals surface area contributed by atoms with Crippen LogP contribution in [0.2, 0.25) is 0 Å². The average molecular weight is 278 g/mol. The van der Waals surface area contributed by atoms with Gasteiger partial charge in [0.1, 0.15) is 5.75 Å². The van der Waals surface area contributed by atoms with E-state index in [0.717, 1.165) is 45.2 Å². The van der Waals surface area contributed by atoms with Crippen molar-refractivity contribution in [1.29, 1.82) is 0 Å². The molecule has 1 fully saturated rings. The second-order valence-corrected chi connectivity index (χ2v) is 5.58. The molecule has 0 amide bonds. The van der Waals surface area contributed by atoms with Gasteiger partial charge in [0.2, 0.25) is 0 Å². The molecule has 0 aliphatic carbocycles. The summed E-state index contributed by atoms with van der Waals surface area (Å²) < 4.78 is 5.03. The standard InChI is InChI=1S/C16H26N2O2/c1-20-11-8-17-12-14-6-9-18(10-7-14)13-15-2-4-16(19)5-3-15/h2-5,14,17,19H,6-13H2,1H3. The molecule has 0 bridgehead atoms. The molecule has 2 N–H and O–H groups in total. The molecule has 2 rings (SSSR count). The van der Waals surface area contributed by atoms with E-state index in [1.54, 1.807) is 19.2 Å². The minimum absolute atomic E-state index is 0.342. The summed E-state index contributed by atoms with van der Waals surface area (Å²) in [6.07, 6.45) is 2.52. The quantitative estimate of drug-likeness (QED) is 0.747. The Morgan fingerprint density at radius 3 is 2.60 bits per heavy atom. The van der Waals surface area contributed by atoms with E-state index in [0.29, 0.717) is 5.75 Å². The van der Waals surface area contributed by atoms with Crippen LogP contribution < -0.4 is 5.32 Å². The van der Waals surface area contributed by atoms with Gasteiger partial charge in [0.15, 0.2) is 0 Å². The van der Waals surface area contributed by atoms with Crippen molar-refractivity contribution in [2.75, 3.05) is 39.9 Å². The first-order chi connectivity index (χ1) is 9.78. The number of piperidine rings is 1. The number of hydrogen-bond donors (Lipinski definition) is 2. The first kappa shape index (κ1) is 15.3. The van der Waals surface area contributed by atoms with Gasteiger partial charge in [0.05, 0.1) is 6.61 Å². The first-order valence-electron chi connectivity index (χ1n) is 7.48. The van der Waals surface area contributed by atoms with Gasteiger partial charge in [0.25, 0.3) is 0 Å². The van der Waals surface area contributed by atoms with Crippen LogP contribution in [-0.4, -0.2) is 49.9 Å². The molecule has 1 saturated heterocycles. The topological polar surface area (TPSA) is 44.7 Å². The van der Waals surface area contributed by atoms with E-state index >= 15 is 0 Å². The molecule has 20 heavy (non-hydrogen) atoms. The van der Waals surface area contributed by atoms with Gasteiger partial charge in [-0.2, -0.15) is 0 Å². The molecule has 4 nitrogen and oxygen atoms in total. The molecule has 1 aliphatic rings. The molecule has 1 aromatic carbocycles. The number of rotatable bonds is 7.